The number of halogens is 1. The predicted molar refractivity (Wildman–Crippen MR) is 95.7 cm³/mol. The van der Waals surface area contributed by atoms with Crippen molar-refractivity contribution in [1.29, 1.82) is 0 Å². The maximum absolute atomic E-state index is 12.9. The maximum atomic E-state index is 12.9. The summed E-state index contributed by atoms with van der Waals surface area (Å²) in [4.78, 5) is 11.5. The zero-order valence-electron chi connectivity index (χ0n) is 13.7. The number of Topliss-reactive ketones (excluding diaryl/α,β-unsaturated/α-hetero) is 1. The van der Waals surface area contributed by atoms with Crippen LogP contribution < -0.4 is 4.74 Å². The first-order valence-corrected chi connectivity index (χ1v) is 9.72. The van der Waals surface area contributed by atoms with Gasteiger partial charge < -0.3 is 4.74 Å². The molecule has 7 heteroatoms. The number of benzene rings is 2. The fraction of sp³-hybridized carbons (Fsp3) is 0.278. The second-order valence-corrected chi connectivity index (χ2v) is 8.22. The highest BCUT2D eigenvalue weighted by molar-refractivity contribution is 7.89. The first-order chi connectivity index (χ1) is 11.9. The summed E-state index contributed by atoms with van der Waals surface area (Å²) in [5.74, 6) is 0.503. The first kappa shape index (κ1) is 17.9. The van der Waals surface area contributed by atoms with Crippen molar-refractivity contribution in [2.75, 3.05) is 13.1 Å². The lowest BCUT2D eigenvalue weighted by molar-refractivity contribution is 0.101. The number of carbonyl (C=O) groups excluding carboxylic acids is 1. The summed E-state index contributed by atoms with van der Waals surface area (Å²) in [6.07, 6.45) is 0.380. The summed E-state index contributed by atoms with van der Waals surface area (Å²) in [5.41, 5.74) is 0.319. The highest BCUT2D eigenvalue weighted by atomic mass is 35.5. The van der Waals surface area contributed by atoms with E-state index < -0.39 is 10.0 Å². The van der Waals surface area contributed by atoms with E-state index in [1.807, 2.05) is 30.3 Å². The molecule has 0 spiro atoms. The Hall–Kier alpha value is -1.89. The molecule has 0 bridgehead atoms. The van der Waals surface area contributed by atoms with Gasteiger partial charge in [0.2, 0.25) is 10.0 Å². The molecule has 0 aromatic heterocycles. The van der Waals surface area contributed by atoms with E-state index in [1.165, 1.54) is 29.4 Å². The molecule has 25 heavy (non-hydrogen) atoms. The number of ketones is 1. The van der Waals surface area contributed by atoms with Crippen LogP contribution in [0.1, 0.15) is 23.7 Å². The molecule has 0 amide bonds. The van der Waals surface area contributed by atoms with Gasteiger partial charge in [0, 0.05) is 12.1 Å². The van der Waals surface area contributed by atoms with Gasteiger partial charge >= 0.3 is 0 Å². The van der Waals surface area contributed by atoms with Gasteiger partial charge in [0.25, 0.3) is 0 Å². The van der Waals surface area contributed by atoms with E-state index in [0.29, 0.717) is 24.3 Å². The summed E-state index contributed by atoms with van der Waals surface area (Å²) in [6.45, 7) is 1.98. The number of nitrogens with zero attached hydrogens (tertiary/aromatic N) is 1. The number of hydrogen-bond donors (Lipinski definition) is 0. The SMILES string of the molecule is CC(=O)c1ccc(Cl)c(S(=O)(=O)N2CC[C@H](Oc3ccccc3)C2)c1. The minimum atomic E-state index is -3.78. The van der Waals surface area contributed by atoms with Crippen LogP contribution in [0.4, 0.5) is 0 Å². The van der Waals surface area contributed by atoms with Gasteiger partial charge in [-0.1, -0.05) is 29.8 Å². The van der Waals surface area contributed by atoms with Crippen molar-refractivity contribution in [2.24, 2.45) is 0 Å². The Morgan fingerprint density at radius 1 is 1.20 bits per heavy atom. The van der Waals surface area contributed by atoms with Crippen molar-refractivity contribution < 1.29 is 17.9 Å². The van der Waals surface area contributed by atoms with Crippen molar-refractivity contribution in [3.05, 3.63) is 59.1 Å². The fourth-order valence-electron chi connectivity index (χ4n) is 2.76. The number of sulfonamides is 1. The zero-order valence-corrected chi connectivity index (χ0v) is 15.3. The lowest BCUT2D eigenvalue weighted by atomic mass is 10.1. The van der Waals surface area contributed by atoms with E-state index in [0.717, 1.165) is 0 Å². The monoisotopic (exact) mass is 379 g/mol. The number of para-hydroxylation sites is 1. The molecule has 0 unspecified atom stereocenters. The van der Waals surface area contributed by atoms with Crippen molar-refractivity contribution in [1.82, 2.24) is 4.31 Å². The van der Waals surface area contributed by atoms with Crippen LogP contribution in [0.25, 0.3) is 0 Å². The molecule has 3 rings (SSSR count). The third kappa shape index (κ3) is 3.86. The minimum absolute atomic E-state index is 0.0396. The third-order valence-corrected chi connectivity index (χ3v) is 6.46. The van der Waals surface area contributed by atoms with Gasteiger partial charge in [-0.15, -0.1) is 0 Å². The molecule has 1 aliphatic rings. The summed E-state index contributed by atoms with van der Waals surface area (Å²) in [6, 6.07) is 13.6. The molecule has 0 aliphatic carbocycles. The standard InChI is InChI=1S/C18H18ClNO4S/c1-13(21)14-7-8-17(19)18(11-14)25(22,23)20-10-9-16(12-20)24-15-5-3-2-4-6-15/h2-8,11,16H,9-10,12H2,1H3/t16-/m0/s1. The Balaban J connectivity index is 1.80. The molecular formula is C18H18ClNO4S. The number of rotatable bonds is 5. The molecule has 0 N–H and O–H groups in total. The highest BCUT2D eigenvalue weighted by Gasteiger charge is 2.35. The van der Waals surface area contributed by atoms with Crippen molar-refractivity contribution in [2.45, 2.75) is 24.3 Å². The van der Waals surface area contributed by atoms with E-state index in [1.54, 1.807) is 0 Å². The van der Waals surface area contributed by atoms with Gasteiger partial charge in [-0.3, -0.25) is 4.79 Å². The molecule has 1 fully saturated rings. The Morgan fingerprint density at radius 3 is 2.60 bits per heavy atom. The third-order valence-electron chi connectivity index (χ3n) is 4.11. The molecule has 1 aliphatic heterocycles. The Labute approximate surface area is 152 Å². The molecule has 2 aromatic carbocycles. The molecule has 5 nitrogen and oxygen atoms in total. The Kier molecular flexibility index (Phi) is 5.13. The van der Waals surface area contributed by atoms with E-state index in [9.17, 15) is 13.2 Å². The van der Waals surface area contributed by atoms with Gasteiger partial charge in [0.15, 0.2) is 5.78 Å². The lowest BCUT2D eigenvalue weighted by Crippen LogP contribution is -2.31. The van der Waals surface area contributed by atoms with E-state index in [2.05, 4.69) is 0 Å². The van der Waals surface area contributed by atoms with Gasteiger partial charge in [0.05, 0.1) is 11.6 Å². The molecule has 0 saturated carbocycles. The predicted octanol–water partition coefficient (Wildman–Crippen LogP) is 3.38. The summed E-state index contributed by atoms with van der Waals surface area (Å²) < 4.78 is 33.0. The van der Waals surface area contributed by atoms with Crippen LogP contribution in [0.2, 0.25) is 5.02 Å². The second-order valence-electron chi connectivity index (χ2n) is 5.91. The Bertz CT molecular complexity index is 883. The van der Waals surface area contributed by atoms with Crippen LogP contribution in [0.15, 0.2) is 53.4 Å². The molecule has 1 atom stereocenters. The van der Waals surface area contributed by atoms with Crippen molar-refractivity contribution in [3.8, 4) is 5.75 Å². The van der Waals surface area contributed by atoms with Gasteiger partial charge in [-0.05, 0) is 43.7 Å². The number of hydrogen-bond acceptors (Lipinski definition) is 4. The molecule has 1 saturated heterocycles. The summed E-state index contributed by atoms with van der Waals surface area (Å²) in [5, 5.41) is 0.109. The Morgan fingerprint density at radius 2 is 1.92 bits per heavy atom. The minimum Gasteiger partial charge on any atom is -0.489 e. The molecule has 0 radical (unpaired) electrons. The second kappa shape index (κ2) is 7.15. The van der Waals surface area contributed by atoms with Crippen LogP contribution in [0.5, 0.6) is 5.75 Å². The number of carbonyl (C=O) groups is 1. The quantitative estimate of drug-likeness (QED) is 0.747. The molecule has 2 aromatic rings. The summed E-state index contributed by atoms with van der Waals surface area (Å²) >= 11 is 6.08. The molecule has 132 valence electrons. The average Bonchev–Trinajstić information content (AvgIpc) is 3.05. The van der Waals surface area contributed by atoms with Crippen LogP contribution >= 0.6 is 11.6 Å². The first-order valence-electron chi connectivity index (χ1n) is 7.90. The van der Waals surface area contributed by atoms with E-state index in [4.69, 9.17) is 16.3 Å². The zero-order chi connectivity index (χ0) is 18.0. The van der Waals surface area contributed by atoms with Crippen LogP contribution in [-0.2, 0) is 10.0 Å². The van der Waals surface area contributed by atoms with Crippen molar-refractivity contribution >= 4 is 27.4 Å². The fourth-order valence-corrected chi connectivity index (χ4v) is 4.75. The smallest absolute Gasteiger partial charge is 0.244 e. The topological polar surface area (TPSA) is 63.7 Å². The van der Waals surface area contributed by atoms with Gasteiger partial charge in [-0.25, -0.2) is 8.42 Å². The van der Waals surface area contributed by atoms with Crippen LogP contribution in [0, 0.1) is 0 Å². The van der Waals surface area contributed by atoms with Gasteiger partial charge in [-0.2, -0.15) is 4.31 Å². The number of ether oxygens (including phenoxy) is 1. The largest absolute Gasteiger partial charge is 0.489 e. The van der Waals surface area contributed by atoms with Gasteiger partial charge in [0.1, 0.15) is 16.7 Å². The van der Waals surface area contributed by atoms with Crippen molar-refractivity contribution in [3.63, 3.8) is 0 Å². The van der Waals surface area contributed by atoms with Crippen LogP contribution in [-0.4, -0.2) is 37.7 Å². The summed E-state index contributed by atoms with van der Waals surface area (Å²) in [7, 11) is -3.78. The molecular weight excluding hydrogens is 362 g/mol. The molecule has 1 heterocycles. The van der Waals surface area contributed by atoms with E-state index in [-0.39, 0.29) is 28.4 Å². The maximum Gasteiger partial charge on any atom is 0.244 e. The average molecular weight is 380 g/mol. The lowest BCUT2D eigenvalue weighted by Gasteiger charge is -2.18. The normalized spacial score (nSPS) is 18.2. The van der Waals surface area contributed by atoms with Crippen LogP contribution in [0.3, 0.4) is 0 Å². The highest BCUT2D eigenvalue weighted by Crippen LogP contribution is 2.29. The van der Waals surface area contributed by atoms with E-state index >= 15 is 0 Å².